The van der Waals surface area contributed by atoms with Crippen LogP contribution in [-0.2, 0) is 0 Å². The number of fused-ring (bicyclic) bond motifs is 2. The van der Waals surface area contributed by atoms with Crippen LogP contribution in [0.3, 0.4) is 0 Å². The van der Waals surface area contributed by atoms with E-state index >= 15 is 0 Å². The Morgan fingerprint density at radius 1 is 0.650 bits per heavy atom. The lowest BCUT2D eigenvalue weighted by molar-refractivity contribution is 0.0987. The minimum Gasteiger partial charge on any atom is -0.287 e. The summed E-state index contributed by atoms with van der Waals surface area (Å²) in [6.45, 7) is 0. The van der Waals surface area contributed by atoms with Crippen molar-refractivity contribution in [2.45, 2.75) is 0 Å². The molecule has 20 heavy (non-hydrogen) atoms. The van der Waals surface area contributed by atoms with Crippen molar-refractivity contribution < 1.29 is 9.59 Å². The summed E-state index contributed by atoms with van der Waals surface area (Å²) in [6.07, 6.45) is 0. The van der Waals surface area contributed by atoms with Crippen LogP contribution in [0.1, 0.15) is 20.7 Å². The fraction of sp³-hybridized carbons (Fsp3) is 0. The molecule has 2 aromatic rings. The van der Waals surface area contributed by atoms with Gasteiger partial charge in [-0.25, -0.2) is 0 Å². The van der Waals surface area contributed by atoms with E-state index in [9.17, 15) is 9.59 Å². The molecule has 0 aromatic heterocycles. The van der Waals surface area contributed by atoms with Crippen molar-refractivity contribution in [3.8, 4) is 0 Å². The van der Waals surface area contributed by atoms with Crippen LogP contribution in [0.5, 0.6) is 0 Å². The zero-order chi connectivity index (χ0) is 14.6. The normalized spacial score (nSPS) is 15.0. The van der Waals surface area contributed by atoms with Gasteiger partial charge in [-0.05, 0) is 0 Å². The molecule has 2 nitrogen and oxygen atoms in total. The summed E-state index contributed by atoms with van der Waals surface area (Å²) in [4.78, 5) is 24.4. The van der Waals surface area contributed by atoms with Crippen LogP contribution in [0.4, 0.5) is 0 Å². The zero-order valence-corrected chi connectivity index (χ0v) is 12.7. The molecule has 0 saturated heterocycles. The van der Waals surface area contributed by atoms with E-state index in [0.717, 1.165) is 0 Å². The number of Topliss-reactive ketones (excluding diaryl/α,β-unsaturated/α-hetero) is 2. The molecule has 0 heterocycles. The molecule has 3 rings (SSSR count). The molecule has 0 fully saturated rings. The Morgan fingerprint density at radius 3 is 1.35 bits per heavy atom. The molecule has 0 saturated carbocycles. The van der Waals surface area contributed by atoms with E-state index in [1.807, 2.05) is 0 Å². The predicted molar refractivity (Wildman–Crippen MR) is 81.4 cm³/mol. The predicted octanol–water partition coefficient (Wildman–Crippen LogP) is 5.21. The third-order valence-corrected chi connectivity index (χ3v) is 4.74. The third kappa shape index (κ3) is 1.73. The van der Waals surface area contributed by atoms with Gasteiger partial charge >= 0.3 is 0 Å². The molecule has 0 bridgehead atoms. The van der Waals surface area contributed by atoms with Gasteiger partial charge in [-0.2, -0.15) is 0 Å². The lowest BCUT2D eigenvalue weighted by atomic mass is 9.91. The molecule has 0 N–H and O–H groups in total. The first-order valence-corrected chi connectivity index (χ1v) is 7.00. The lowest BCUT2D eigenvalue weighted by Crippen LogP contribution is -2.19. The van der Waals surface area contributed by atoms with E-state index in [-0.39, 0.29) is 31.2 Å². The Bertz CT molecular complexity index is 768. The second kappa shape index (κ2) is 4.74. The first kappa shape index (κ1) is 13.9. The van der Waals surface area contributed by atoms with Crippen LogP contribution in [0.25, 0.3) is 10.8 Å². The second-order valence-electron chi connectivity index (χ2n) is 4.21. The van der Waals surface area contributed by atoms with E-state index < -0.39 is 11.6 Å². The summed E-state index contributed by atoms with van der Waals surface area (Å²) in [5, 5.41) is 0.805. The standard InChI is InChI=1S/C14H4Cl4O2/c15-9-5-3-1-2-4-6(5)10(16)8-7(9)13(19)11(17)12(18)14(8)20/h1-4H. The number of hydrogen-bond acceptors (Lipinski definition) is 2. The lowest BCUT2D eigenvalue weighted by Gasteiger charge is -2.19. The van der Waals surface area contributed by atoms with Crippen molar-refractivity contribution in [2.24, 2.45) is 0 Å². The number of hydrogen-bond donors (Lipinski definition) is 0. The number of allylic oxidation sites excluding steroid dienone is 2. The molecular formula is C14H4Cl4O2. The zero-order valence-electron chi connectivity index (χ0n) is 9.64. The van der Waals surface area contributed by atoms with Crippen LogP contribution < -0.4 is 0 Å². The monoisotopic (exact) mass is 344 g/mol. The fourth-order valence-electron chi connectivity index (χ4n) is 2.20. The first-order chi connectivity index (χ1) is 9.45. The van der Waals surface area contributed by atoms with Crippen molar-refractivity contribution >= 4 is 68.7 Å². The van der Waals surface area contributed by atoms with E-state index in [1.54, 1.807) is 24.3 Å². The van der Waals surface area contributed by atoms with Crippen molar-refractivity contribution in [1.82, 2.24) is 0 Å². The summed E-state index contributed by atoms with van der Waals surface area (Å²) >= 11 is 24.1. The van der Waals surface area contributed by atoms with Crippen molar-refractivity contribution in [2.75, 3.05) is 0 Å². The van der Waals surface area contributed by atoms with Crippen LogP contribution in [-0.4, -0.2) is 11.6 Å². The van der Waals surface area contributed by atoms with Gasteiger partial charge in [0.2, 0.25) is 11.6 Å². The third-order valence-electron chi connectivity index (χ3n) is 3.13. The van der Waals surface area contributed by atoms with E-state index in [2.05, 4.69) is 0 Å². The highest BCUT2D eigenvalue weighted by atomic mass is 35.5. The van der Waals surface area contributed by atoms with Crippen molar-refractivity contribution in [3.63, 3.8) is 0 Å². The highest BCUT2D eigenvalue weighted by molar-refractivity contribution is 6.62. The van der Waals surface area contributed by atoms with Crippen molar-refractivity contribution in [1.29, 1.82) is 0 Å². The molecule has 0 unspecified atom stereocenters. The van der Waals surface area contributed by atoms with Gasteiger partial charge in [-0.15, -0.1) is 0 Å². The van der Waals surface area contributed by atoms with Gasteiger partial charge in [-0.3, -0.25) is 9.59 Å². The molecule has 0 atom stereocenters. The minimum absolute atomic E-state index is 0.00904. The molecule has 2 aromatic carbocycles. The van der Waals surface area contributed by atoms with Gasteiger partial charge in [0.25, 0.3) is 0 Å². The van der Waals surface area contributed by atoms with Crippen LogP contribution in [0.15, 0.2) is 34.3 Å². The minimum atomic E-state index is -0.594. The Morgan fingerprint density at radius 2 is 1.00 bits per heavy atom. The molecule has 1 aliphatic rings. The van der Waals surface area contributed by atoms with Gasteiger partial charge in [0.1, 0.15) is 10.1 Å². The maximum atomic E-state index is 12.2. The molecule has 0 radical (unpaired) electrons. The summed E-state index contributed by atoms with van der Waals surface area (Å²) < 4.78 is 0. The molecule has 6 heteroatoms. The number of halogens is 4. The highest BCUT2D eigenvalue weighted by Crippen LogP contribution is 2.43. The average Bonchev–Trinajstić information content (AvgIpc) is 2.46. The topological polar surface area (TPSA) is 34.1 Å². The number of ketones is 2. The van der Waals surface area contributed by atoms with Gasteiger partial charge < -0.3 is 0 Å². The van der Waals surface area contributed by atoms with Gasteiger partial charge in [-0.1, -0.05) is 70.7 Å². The molecular weight excluding hydrogens is 342 g/mol. The van der Waals surface area contributed by atoms with Gasteiger partial charge in [0.15, 0.2) is 0 Å². The highest BCUT2D eigenvalue weighted by Gasteiger charge is 2.35. The maximum Gasteiger partial charge on any atom is 0.208 e. The van der Waals surface area contributed by atoms with E-state index in [1.165, 1.54) is 0 Å². The molecule has 0 aliphatic heterocycles. The number of carbonyl (C=O) groups is 2. The quantitative estimate of drug-likeness (QED) is 0.656. The molecule has 1 aliphatic carbocycles. The molecule has 100 valence electrons. The molecule has 0 spiro atoms. The largest absolute Gasteiger partial charge is 0.287 e. The number of rotatable bonds is 0. The summed E-state index contributed by atoms with van der Waals surface area (Å²) in [5.74, 6) is -1.19. The smallest absolute Gasteiger partial charge is 0.208 e. The Kier molecular flexibility index (Phi) is 3.30. The second-order valence-corrected chi connectivity index (χ2v) is 5.72. The van der Waals surface area contributed by atoms with Crippen LogP contribution in [0, 0.1) is 0 Å². The Hall–Kier alpha value is -1.06. The fourth-order valence-corrected chi connectivity index (χ4v) is 3.25. The first-order valence-electron chi connectivity index (χ1n) is 5.49. The number of carbonyl (C=O) groups excluding carboxylic acids is 2. The SMILES string of the molecule is O=C1C(Cl)=C(Cl)C(=O)c2c1c(Cl)c1ccccc1c2Cl. The Balaban J connectivity index is 2.54. The average molecular weight is 346 g/mol. The molecule has 0 amide bonds. The summed E-state index contributed by atoms with van der Waals surface area (Å²) in [6, 6.07) is 6.96. The number of benzene rings is 2. The van der Waals surface area contributed by atoms with E-state index in [4.69, 9.17) is 46.4 Å². The summed E-state index contributed by atoms with van der Waals surface area (Å²) in [7, 11) is 0. The van der Waals surface area contributed by atoms with Gasteiger partial charge in [0.05, 0.1) is 21.2 Å². The van der Waals surface area contributed by atoms with Crippen LogP contribution >= 0.6 is 46.4 Å². The summed E-state index contributed by atoms with van der Waals surface area (Å²) in [5.41, 5.74) is 0.0181. The maximum absolute atomic E-state index is 12.2. The Labute approximate surface area is 133 Å². The van der Waals surface area contributed by atoms with Crippen molar-refractivity contribution in [3.05, 3.63) is 55.5 Å². The van der Waals surface area contributed by atoms with Crippen LogP contribution in [0.2, 0.25) is 10.0 Å². The van der Waals surface area contributed by atoms with Gasteiger partial charge in [0, 0.05) is 10.8 Å². The van der Waals surface area contributed by atoms with E-state index in [0.29, 0.717) is 10.8 Å².